The van der Waals surface area contributed by atoms with E-state index in [1.165, 1.54) is 11.3 Å². The molecular formula is C8H13N3OS. The fraction of sp³-hybridized carbons (Fsp3) is 0.500. The molecule has 0 aliphatic heterocycles. The molecule has 5 heteroatoms. The van der Waals surface area contributed by atoms with E-state index in [1.807, 2.05) is 6.92 Å². The lowest BCUT2D eigenvalue weighted by molar-refractivity contribution is -0.121. The highest BCUT2D eigenvalue weighted by Crippen LogP contribution is 2.04. The van der Waals surface area contributed by atoms with Crippen molar-refractivity contribution in [1.82, 2.24) is 10.3 Å². The molecule has 0 bridgehead atoms. The number of aromatic nitrogens is 1. The van der Waals surface area contributed by atoms with Gasteiger partial charge in [-0.1, -0.05) is 0 Å². The van der Waals surface area contributed by atoms with E-state index in [-0.39, 0.29) is 11.9 Å². The Morgan fingerprint density at radius 2 is 2.62 bits per heavy atom. The Kier molecular flexibility index (Phi) is 3.85. The second-order valence-electron chi connectivity index (χ2n) is 2.93. The van der Waals surface area contributed by atoms with Crippen LogP contribution in [-0.4, -0.2) is 16.9 Å². The van der Waals surface area contributed by atoms with Gasteiger partial charge in [0.15, 0.2) is 0 Å². The molecule has 13 heavy (non-hydrogen) atoms. The third kappa shape index (κ3) is 4.00. The monoisotopic (exact) mass is 199 g/mol. The van der Waals surface area contributed by atoms with Gasteiger partial charge in [-0.05, 0) is 6.92 Å². The molecule has 1 rings (SSSR count). The molecule has 0 aliphatic rings. The van der Waals surface area contributed by atoms with E-state index < -0.39 is 0 Å². The summed E-state index contributed by atoms with van der Waals surface area (Å²) < 4.78 is 0. The summed E-state index contributed by atoms with van der Waals surface area (Å²) in [5.74, 6) is -0.0107. The third-order valence-electron chi connectivity index (χ3n) is 1.45. The fourth-order valence-electron chi connectivity index (χ4n) is 0.880. The molecule has 0 saturated carbocycles. The highest BCUT2D eigenvalue weighted by molar-refractivity contribution is 7.09. The number of nitrogens with two attached hydrogens (primary N) is 1. The molecule has 1 aromatic rings. The molecular weight excluding hydrogens is 186 g/mol. The fourth-order valence-corrected chi connectivity index (χ4v) is 1.41. The number of thiazole rings is 1. The van der Waals surface area contributed by atoms with Crippen molar-refractivity contribution in [3.05, 3.63) is 16.6 Å². The standard InChI is InChI=1S/C8H13N3OS/c1-6(9)2-8(12)11-4-7-3-10-5-13-7/h3,5-6H,2,4,9H2,1H3,(H,11,12). The molecule has 3 N–H and O–H groups in total. The molecule has 0 aromatic carbocycles. The quantitative estimate of drug-likeness (QED) is 0.742. The van der Waals surface area contributed by atoms with E-state index in [1.54, 1.807) is 11.7 Å². The maximum Gasteiger partial charge on any atom is 0.221 e. The smallest absolute Gasteiger partial charge is 0.221 e. The SMILES string of the molecule is CC(N)CC(=O)NCc1cncs1. The lowest BCUT2D eigenvalue weighted by atomic mass is 10.2. The van der Waals surface area contributed by atoms with Crippen molar-refractivity contribution in [2.45, 2.75) is 25.9 Å². The first-order valence-electron chi connectivity index (χ1n) is 4.08. The first-order valence-corrected chi connectivity index (χ1v) is 4.96. The Labute approximate surface area is 81.2 Å². The van der Waals surface area contributed by atoms with Crippen LogP contribution in [0.15, 0.2) is 11.7 Å². The summed E-state index contributed by atoms with van der Waals surface area (Å²) in [5.41, 5.74) is 7.21. The van der Waals surface area contributed by atoms with Crippen molar-refractivity contribution < 1.29 is 4.79 Å². The van der Waals surface area contributed by atoms with Gasteiger partial charge in [-0.15, -0.1) is 11.3 Å². The zero-order valence-electron chi connectivity index (χ0n) is 7.49. The Morgan fingerprint density at radius 1 is 1.85 bits per heavy atom. The first kappa shape index (κ1) is 10.1. The molecule has 1 atom stereocenters. The summed E-state index contributed by atoms with van der Waals surface area (Å²) in [7, 11) is 0. The van der Waals surface area contributed by atoms with Gasteiger partial charge in [-0.3, -0.25) is 9.78 Å². The minimum Gasteiger partial charge on any atom is -0.351 e. The van der Waals surface area contributed by atoms with Crippen molar-refractivity contribution in [2.24, 2.45) is 5.73 Å². The van der Waals surface area contributed by atoms with Crippen molar-refractivity contribution in [2.75, 3.05) is 0 Å². The highest BCUT2D eigenvalue weighted by atomic mass is 32.1. The molecule has 0 saturated heterocycles. The number of hydrogen-bond acceptors (Lipinski definition) is 4. The maximum absolute atomic E-state index is 11.1. The van der Waals surface area contributed by atoms with E-state index in [0.717, 1.165) is 4.88 Å². The number of carbonyl (C=O) groups excluding carboxylic acids is 1. The molecule has 0 spiro atoms. The zero-order chi connectivity index (χ0) is 9.68. The maximum atomic E-state index is 11.1. The molecule has 0 aliphatic carbocycles. The molecule has 4 nitrogen and oxygen atoms in total. The lowest BCUT2D eigenvalue weighted by Crippen LogP contribution is -2.29. The number of amides is 1. The number of carbonyl (C=O) groups is 1. The lowest BCUT2D eigenvalue weighted by Gasteiger charge is -2.05. The normalized spacial score (nSPS) is 12.5. The van der Waals surface area contributed by atoms with E-state index in [9.17, 15) is 4.79 Å². The van der Waals surface area contributed by atoms with Gasteiger partial charge in [0, 0.05) is 23.5 Å². The highest BCUT2D eigenvalue weighted by Gasteiger charge is 2.04. The summed E-state index contributed by atoms with van der Waals surface area (Å²) >= 11 is 1.53. The Hall–Kier alpha value is -0.940. The second-order valence-corrected chi connectivity index (χ2v) is 3.90. The molecule has 1 heterocycles. The average Bonchev–Trinajstić information content (AvgIpc) is 2.51. The van der Waals surface area contributed by atoms with Crippen LogP contribution in [0.3, 0.4) is 0 Å². The van der Waals surface area contributed by atoms with Crippen LogP contribution in [0.1, 0.15) is 18.2 Å². The second kappa shape index (κ2) is 4.94. The van der Waals surface area contributed by atoms with Gasteiger partial charge in [0.1, 0.15) is 0 Å². The number of nitrogens with one attached hydrogen (secondary N) is 1. The van der Waals surface area contributed by atoms with Gasteiger partial charge >= 0.3 is 0 Å². The number of hydrogen-bond donors (Lipinski definition) is 2. The molecule has 72 valence electrons. The average molecular weight is 199 g/mol. The predicted octanol–water partition coefficient (Wildman–Crippen LogP) is 0.497. The summed E-state index contributed by atoms with van der Waals surface area (Å²) in [6, 6.07) is -0.0820. The van der Waals surface area contributed by atoms with Crippen molar-refractivity contribution in [1.29, 1.82) is 0 Å². The van der Waals surface area contributed by atoms with Gasteiger partial charge in [0.2, 0.25) is 5.91 Å². The van der Waals surface area contributed by atoms with Gasteiger partial charge in [-0.2, -0.15) is 0 Å². The van der Waals surface area contributed by atoms with E-state index in [4.69, 9.17) is 5.73 Å². The van der Waals surface area contributed by atoms with Crippen LogP contribution >= 0.6 is 11.3 Å². The molecule has 1 unspecified atom stereocenters. The molecule has 1 amide bonds. The van der Waals surface area contributed by atoms with Crippen LogP contribution in [0, 0.1) is 0 Å². The largest absolute Gasteiger partial charge is 0.351 e. The molecule has 0 radical (unpaired) electrons. The minimum atomic E-state index is -0.0820. The van der Waals surface area contributed by atoms with Crippen molar-refractivity contribution in [3.63, 3.8) is 0 Å². The molecule has 1 aromatic heterocycles. The Morgan fingerprint density at radius 3 is 3.15 bits per heavy atom. The van der Waals surface area contributed by atoms with Gasteiger partial charge in [0.25, 0.3) is 0 Å². The van der Waals surface area contributed by atoms with Gasteiger partial charge < -0.3 is 11.1 Å². The summed E-state index contributed by atoms with van der Waals surface area (Å²) in [4.78, 5) is 16.1. The molecule has 0 fully saturated rings. The van der Waals surface area contributed by atoms with Crippen LogP contribution in [0.2, 0.25) is 0 Å². The van der Waals surface area contributed by atoms with Gasteiger partial charge in [0.05, 0.1) is 12.1 Å². The van der Waals surface area contributed by atoms with E-state index >= 15 is 0 Å². The van der Waals surface area contributed by atoms with Crippen molar-refractivity contribution in [3.8, 4) is 0 Å². The summed E-state index contributed by atoms with van der Waals surface area (Å²) in [6.45, 7) is 2.36. The zero-order valence-corrected chi connectivity index (χ0v) is 8.30. The van der Waals surface area contributed by atoms with Crippen LogP contribution in [0.5, 0.6) is 0 Å². The van der Waals surface area contributed by atoms with Crippen molar-refractivity contribution >= 4 is 17.2 Å². The van der Waals surface area contributed by atoms with Crippen LogP contribution in [-0.2, 0) is 11.3 Å². The summed E-state index contributed by atoms with van der Waals surface area (Å²) in [5, 5.41) is 2.77. The van der Waals surface area contributed by atoms with Crippen LogP contribution in [0.4, 0.5) is 0 Å². The number of nitrogens with zero attached hydrogens (tertiary/aromatic N) is 1. The van der Waals surface area contributed by atoms with E-state index in [2.05, 4.69) is 10.3 Å². The number of rotatable bonds is 4. The first-order chi connectivity index (χ1) is 6.18. The Bertz CT molecular complexity index is 258. The summed E-state index contributed by atoms with van der Waals surface area (Å²) in [6.07, 6.45) is 2.12. The minimum absolute atomic E-state index is 0.0107. The van der Waals surface area contributed by atoms with Gasteiger partial charge in [-0.25, -0.2) is 0 Å². The van der Waals surface area contributed by atoms with E-state index in [0.29, 0.717) is 13.0 Å². The van der Waals surface area contributed by atoms with Crippen LogP contribution < -0.4 is 11.1 Å². The predicted molar refractivity (Wildman–Crippen MR) is 52.2 cm³/mol. The van der Waals surface area contributed by atoms with Crippen LogP contribution in [0.25, 0.3) is 0 Å². The Balaban J connectivity index is 2.23. The topological polar surface area (TPSA) is 68.0 Å². The third-order valence-corrected chi connectivity index (χ3v) is 2.23.